The third-order valence-corrected chi connectivity index (χ3v) is 5.58. The Morgan fingerprint density at radius 2 is 2.12 bits per heavy atom. The van der Waals surface area contributed by atoms with Gasteiger partial charge in [0.05, 0.1) is 30.8 Å². The lowest BCUT2D eigenvalue weighted by Crippen LogP contribution is -2.42. The average Bonchev–Trinajstić information content (AvgIpc) is 2.86. The van der Waals surface area contributed by atoms with Gasteiger partial charge in [-0.05, 0) is 12.1 Å². The molecule has 0 spiro atoms. The Bertz CT molecular complexity index is 900. The summed E-state index contributed by atoms with van der Waals surface area (Å²) >= 11 is 0. The van der Waals surface area contributed by atoms with Gasteiger partial charge in [-0.25, -0.2) is 13.4 Å². The van der Waals surface area contributed by atoms with Crippen molar-refractivity contribution >= 4 is 15.7 Å². The van der Waals surface area contributed by atoms with E-state index in [0.717, 1.165) is 0 Å². The number of carbonyl (C=O) groups is 1. The number of methoxy groups -OCH3 is 1. The molecule has 0 unspecified atom stereocenters. The van der Waals surface area contributed by atoms with Gasteiger partial charge < -0.3 is 15.2 Å². The molecule has 2 heterocycles. The highest BCUT2D eigenvalue weighted by atomic mass is 32.2. The summed E-state index contributed by atoms with van der Waals surface area (Å²) in [7, 11) is -1.83. The lowest BCUT2D eigenvalue weighted by molar-refractivity contribution is 0.0889. The first-order valence-electron chi connectivity index (χ1n) is 7.55. The highest BCUT2D eigenvalue weighted by Gasteiger charge is 2.37. The number of amides is 1. The van der Waals surface area contributed by atoms with Crippen LogP contribution in [-0.4, -0.2) is 60.2 Å². The normalized spacial score (nSPS) is 21.7. The molecule has 8 nitrogen and oxygen atoms in total. The molecule has 9 heteroatoms. The lowest BCUT2D eigenvalue weighted by Gasteiger charge is -2.15. The number of benzene rings is 1. The van der Waals surface area contributed by atoms with Crippen LogP contribution in [0.2, 0.25) is 0 Å². The molecule has 2 aromatic rings. The van der Waals surface area contributed by atoms with Gasteiger partial charge in [0.1, 0.15) is 0 Å². The zero-order valence-corrected chi connectivity index (χ0v) is 14.2. The molecule has 1 aliphatic rings. The number of nitrogens with one attached hydrogen (secondary N) is 1. The molecule has 0 aliphatic carbocycles. The van der Waals surface area contributed by atoms with E-state index in [-0.39, 0.29) is 11.5 Å². The first-order chi connectivity index (χ1) is 11.9. The number of ether oxygens (including phenoxy) is 1. The van der Waals surface area contributed by atoms with Crippen LogP contribution in [0.5, 0.6) is 5.88 Å². The minimum absolute atomic E-state index is 0.265. The maximum atomic E-state index is 12.4. The van der Waals surface area contributed by atoms with E-state index in [4.69, 9.17) is 4.74 Å². The van der Waals surface area contributed by atoms with Crippen LogP contribution in [0.4, 0.5) is 0 Å². The Morgan fingerprint density at radius 1 is 1.32 bits per heavy atom. The molecule has 0 saturated carbocycles. The maximum absolute atomic E-state index is 12.4. The molecular formula is C16H17N3O5S. The topological polar surface area (TPSA) is 118 Å². The summed E-state index contributed by atoms with van der Waals surface area (Å²) in [6, 6.07) is 7.42. The summed E-state index contributed by atoms with van der Waals surface area (Å²) in [5, 5.41) is 12.4. The average molecular weight is 363 g/mol. The van der Waals surface area contributed by atoms with Crippen molar-refractivity contribution in [2.45, 2.75) is 12.1 Å². The van der Waals surface area contributed by atoms with E-state index in [1.807, 2.05) is 0 Å². The largest absolute Gasteiger partial charge is 0.481 e. The van der Waals surface area contributed by atoms with Gasteiger partial charge in [-0.3, -0.25) is 4.79 Å². The van der Waals surface area contributed by atoms with Crippen LogP contribution in [0, 0.1) is 0 Å². The second-order valence-corrected chi connectivity index (χ2v) is 7.88. The van der Waals surface area contributed by atoms with Gasteiger partial charge >= 0.3 is 0 Å². The van der Waals surface area contributed by atoms with Crippen molar-refractivity contribution in [1.29, 1.82) is 0 Å². The number of hydrogen-bond acceptors (Lipinski definition) is 7. The second kappa shape index (κ2) is 6.77. The SMILES string of the molecule is COc1ccnc(-c2cccc(C(=O)N[C@@H]3CS(=O)(=O)C[C@H]3O)c2)n1. The number of nitrogens with zero attached hydrogens (tertiary/aromatic N) is 2. The van der Waals surface area contributed by atoms with E-state index >= 15 is 0 Å². The molecule has 0 radical (unpaired) electrons. The van der Waals surface area contributed by atoms with Crippen molar-refractivity contribution in [3.8, 4) is 17.3 Å². The zero-order chi connectivity index (χ0) is 18.0. The van der Waals surface area contributed by atoms with Crippen molar-refractivity contribution in [3.05, 3.63) is 42.1 Å². The summed E-state index contributed by atoms with van der Waals surface area (Å²) in [4.78, 5) is 20.7. The van der Waals surface area contributed by atoms with Crippen LogP contribution < -0.4 is 10.1 Å². The molecule has 1 aromatic carbocycles. The van der Waals surface area contributed by atoms with Crippen LogP contribution in [0.25, 0.3) is 11.4 Å². The van der Waals surface area contributed by atoms with Gasteiger partial charge in [-0.2, -0.15) is 4.98 Å². The van der Waals surface area contributed by atoms with Crippen LogP contribution in [0.15, 0.2) is 36.5 Å². The van der Waals surface area contributed by atoms with Crippen molar-refractivity contribution in [2.24, 2.45) is 0 Å². The number of aliphatic hydroxyl groups is 1. The fraction of sp³-hybridized carbons (Fsp3) is 0.312. The van der Waals surface area contributed by atoms with Crippen LogP contribution in [-0.2, 0) is 9.84 Å². The molecule has 3 rings (SSSR count). The summed E-state index contributed by atoms with van der Waals surface area (Å²) < 4.78 is 28.1. The summed E-state index contributed by atoms with van der Waals surface area (Å²) in [6.45, 7) is 0. The van der Waals surface area contributed by atoms with Crippen LogP contribution >= 0.6 is 0 Å². The number of aliphatic hydroxyl groups excluding tert-OH is 1. The maximum Gasteiger partial charge on any atom is 0.251 e. The molecular weight excluding hydrogens is 346 g/mol. The van der Waals surface area contributed by atoms with Crippen LogP contribution in [0.1, 0.15) is 10.4 Å². The summed E-state index contributed by atoms with van der Waals surface area (Å²) in [5.74, 6) is -0.267. The summed E-state index contributed by atoms with van der Waals surface area (Å²) in [5.41, 5.74) is 0.937. The van der Waals surface area contributed by atoms with Crippen molar-refractivity contribution in [2.75, 3.05) is 18.6 Å². The number of hydrogen-bond donors (Lipinski definition) is 2. The fourth-order valence-electron chi connectivity index (χ4n) is 2.61. The highest BCUT2D eigenvalue weighted by Crippen LogP contribution is 2.19. The second-order valence-electron chi connectivity index (χ2n) is 5.73. The Balaban J connectivity index is 1.80. The molecule has 1 aromatic heterocycles. The molecule has 1 amide bonds. The third-order valence-electron chi connectivity index (χ3n) is 3.86. The predicted octanol–water partition coefficient (Wildman–Crippen LogP) is 0.0399. The van der Waals surface area contributed by atoms with Crippen LogP contribution in [0.3, 0.4) is 0 Å². The zero-order valence-electron chi connectivity index (χ0n) is 13.4. The molecule has 1 aliphatic heterocycles. The van der Waals surface area contributed by atoms with Gasteiger partial charge in [-0.1, -0.05) is 12.1 Å². The van der Waals surface area contributed by atoms with Crippen molar-refractivity contribution in [1.82, 2.24) is 15.3 Å². The molecule has 1 fully saturated rings. The number of aromatic nitrogens is 2. The fourth-order valence-corrected chi connectivity index (χ4v) is 4.35. The minimum atomic E-state index is -3.33. The van der Waals surface area contributed by atoms with Gasteiger partial charge in [0.15, 0.2) is 15.7 Å². The van der Waals surface area contributed by atoms with E-state index in [0.29, 0.717) is 22.8 Å². The molecule has 2 N–H and O–H groups in total. The minimum Gasteiger partial charge on any atom is -0.481 e. The van der Waals surface area contributed by atoms with E-state index in [2.05, 4.69) is 15.3 Å². The number of carbonyl (C=O) groups excluding carboxylic acids is 1. The Hall–Kier alpha value is -2.52. The van der Waals surface area contributed by atoms with Crippen molar-refractivity contribution < 1.29 is 23.1 Å². The Morgan fingerprint density at radius 3 is 2.80 bits per heavy atom. The van der Waals surface area contributed by atoms with Gasteiger partial charge in [-0.15, -0.1) is 0 Å². The Kier molecular flexibility index (Phi) is 4.69. The van der Waals surface area contributed by atoms with Gasteiger partial charge in [0.2, 0.25) is 5.88 Å². The smallest absolute Gasteiger partial charge is 0.251 e. The standard InChI is InChI=1S/C16H17N3O5S/c1-24-14-5-6-17-15(19-14)10-3-2-4-11(7-10)16(21)18-12-8-25(22,23)9-13(12)20/h2-7,12-13,20H,8-9H2,1H3,(H,18,21)/t12-,13-/m1/s1. The molecule has 2 atom stereocenters. The molecule has 25 heavy (non-hydrogen) atoms. The highest BCUT2D eigenvalue weighted by molar-refractivity contribution is 7.91. The molecule has 0 bridgehead atoms. The van der Waals surface area contributed by atoms with E-state index in [1.54, 1.807) is 36.5 Å². The molecule has 132 valence electrons. The quantitative estimate of drug-likeness (QED) is 0.787. The first-order valence-corrected chi connectivity index (χ1v) is 9.37. The van der Waals surface area contributed by atoms with E-state index in [1.165, 1.54) is 7.11 Å². The van der Waals surface area contributed by atoms with E-state index < -0.39 is 27.9 Å². The summed E-state index contributed by atoms with van der Waals surface area (Å²) in [6.07, 6.45) is 0.451. The number of sulfone groups is 1. The Labute approximate surface area is 144 Å². The first kappa shape index (κ1) is 17.3. The van der Waals surface area contributed by atoms with E-state index in [9.17, 15) is 18.3 Å². The van der Waals surface area contributed by atoms with Gasteiger partial charge in [0.25, 0.3) is 5.91 Å². The molecule has 1 saturated heterocycles. The van der Waals surface area contributed by atoms with Gasteiger partial charge in [0, 0.05) is 23.4 Å². The monoisotopic (exact) mass is 363 g/mol. The number of rotatable bonds is 4. The third kappa shape index (κ3) is 3.94. The predicted molar refractivity (Wildman–Crippen MR) is 89.9 cm³/mol. The lowest BCUT2D eigenvalue weighted by atomic mass is 10.1. The van der Waals surface area contributed by atoms with Crippen molar-refractivity contribution in [3.63, 3.8) is 0 Å².